The molecule has 0 radical (unpaired) electrons. The first-order valence-electron chi connectivity index (χ1n) is 6.00. The van der Waals surface area contributed by atoms with Gasteiger partial charge >= 0.3 is 0 Å². The Balaban J connectivity index is 1.86. The van der Waals surface area contributed by atoms with Gasteiger partial charge in [-0.1, -0.05) is 11.6 Å². The Kier molecular flexibility index (Phi) is 4.10. The van der Waals surface area contributed by atoms with Crippen LogP contribution in [0.25, 0.3) is 5.69 Å². The standard InChI is InChI=1S/C14H11BrClN3S/c15-14-5-3-11(20-14)9-17-12-8-10(16)2-4-13(12)19-7-1-6-18-19/h1-8,17H,9H2. The quantitative estimate of drug-likeness (QED) is 0.705. The number of thiophene rings is 1. The van der Waals surface area contributed by atoms with Crippen molar-refractivity contribution in [3.05, 3.63) is 62.5 Å². The van der Waals surface area contributed by atoms with E-state index in [9.17, 15) is 0 Å². The highest BCUT2D eigenvalue weighted by Gasteiger charge is 2.06. The predicted octanol–water partition coefficient (Wildman–Crippen LogP) is 4.96. The van der Waals surface area contributed by atoms with Crippen LogP contribution in [0.5, 0.6) is 0 Å². The van der Waals surface area contributed by atoms with Crippen LogP contribution < -0.4 is 5.32 Å². The molecule has 3 aromatic rings. The van der Waals surface area contributed by atoms with E-state index in [-0.39, 0.29) is 0 Å². The molecule has 0 fully saturated rings. The number of benzene rings is 1. The zero-order chi connectivity index (χ0) is 13.9. The molecule has 0 amide bonds. The Morgan fingerprint density at radius 2 is 2.20 bits per heavy atom. The molecule has 0 saturated heterocycles. The van der Waals surface area contributed by atoms with Crippen molar-refractivity contribution in [2.24, 2.45) is 0 Å². The lowest BCUT2D eigenvalue weighted by Crippen LogP contribution is -2.04. The van der Waals surface area contributed by atoms with Gasteiger partial charge in [-0.05, 0) is 52.3 Å². The van der Waals surface area contributed by atoms with E-state index in [4.69, 9.17) is 11.6 Å². The second kappa shape index (κ2) is 5.99. The summed E-state index contributed by atoms with van der Waals surface area (Å²) in [5.41, 5.74) is 1.95. The highest BCUT2D eigenvalue weighted by atomic mass is 79.9. The van der Waals surface area contributed by atoms with Crippen LogP contribution in [-0.2, 0) is 6.54 Å². The minimum atomic E-state index is 0.704. The molecule has 0 atom stereocenters. The van der Waals surface area contributed by atoms with E-state index in [0.29, 0.717) is 5.02 Å². The molecule has 0 aliphatic heterocycles. The minimum Gasteiger partial charge on any atom is -0.378 e. The summed E-state index contributed by atoms with van der Waals surface area (Å²) in [6, 6.07) is 11.8. The highest BCUT2D eigenvalue weighted by Crippen LogP contribution is 2.27. The lowest BCUT2D eigenvalue weighted by Gasteiger charge is -2.12. The van der Waals surface area contributed by atoms with E-state index in [1.165, 1.54) is 4.88 Å². The number of nitrogens with zero attached hydrogens (tertiary/aromatic N) is 2. The molecule has 0 bridgehead atoms. The maximum atomic E-state index is 6.09. The summed E-state index contributed by atoms with van der Waals surface area (Å²) in [5.74, 6) is 0. The number of halogens is 2. The number of hydrogen-bond donors (Lipinski definition) is 1. The van der Waals surface area contributed by atoms with Crippen LogP contribution in [0.4, 0.5) is 5.69 Å². The van der Waals surface area contributed by atoms with Gasteiger partial charge in [-0.2, -0.15) is 5.10 Å². The molecular formula is C14H11BrClN3S. The van der Waals surface area contributed by atoms with Crippen molar-refractivity contribution < 1.29 is 0 Å². The normalized spacial score (nSPS) is 10.7. The molecule has 102 valence electrons. The van der Waals surface area contributed by atoms with Gasteiger partial charge in [0.25, 0.3) is 0 Å². The molecule has 3 rings (SSSR count). The highest BCUT2D eigenvalue weighted by molar-refractivity contribution is 9.11. The summed E-state index contributed by atoms with van der Waals surface area (Å²) in [6.07, 6.45) is 3.67. The summed E-state index contributed by atoms with van der Waals surface area (Å²) in [6.45, 7) is 0.755. The van der Waals surface area contributed by atoms with Crippen molar-refractivity contribution in [3.8, 4) is 5.69 Å². The first-order chi connectivity index (χ1) is 9.72. The van der Waals surface area contributed by atoms with Crippen LogP contribution in [0.15, 0.2) is 52.6 Å². The molecule has 0 spiro atoms. The number of anilines is 1. The monoisotopic (exact) mass is 367 g/mol. The molecule has 0 aliphatic carbocycles. The van der Waals surface area contributed by atoms with E-state index in [0.717, 1.165) is 21.7 Å². The van der Waals surface area contributed by atoms with Crippen LogP contribution in [0.2, 0.25) is 5.02 Å². The van der Waals surface area contributed by atoms with Gasteiger partial charge in [-0.3, -0.25) is 0 Å². The Bertz CT molecular complexity index is 709. The summed E-state index contributed by atoms with van der Waals surface area (Å²) in [4.78, 5) is 1.25. The van der Waals surface area contributed by atoms with Gasteiger partial charge in [-0.25, -0.2) is 4.68 Å². The maximum Gasteiger partial charge on any atom is 0.0877 e. The summed E-state index contributed by atoms with van der Waals surface area (Å²) < 4.78 is 2.95. The Morgan fingerprint density at radius 3 is 2.90 bits per heavy atom. The number of aromatic nitrogens is 2. The Labute approximate surface area is 134 Å². The molecule has 1 N–H and O–H groups in total. The van der Waals surface area contributed by atoms with Crippen LogP contribution in [0, 0.1) is 0 Å². The van der Waals surface area contributed by atoms with Crippen molar-refractivity contribution in [1.29, 1.82) is 0 Å². The van der Waals surface area contributed by atoms with Crippen molar-refractivity contribution >= 4 is 44.6 Å². The van der Waals surface area contributed by atoms with Gasteiger partial charge in [0, 0.05) is 28.8 Å². The van der Waals surface area contributed by atoms with Crippen molar-refractivity contribution in [2.45, 2.75) is 6.54 Å². The van der Waals surface area contributed by atoms with Gasteiger partial charge in [-0.15, -0.1) is 11.3 Å². The van der Waals surface area contributed by atoms with Gasteiger partial charge < -0.3 is 5.32 Å². The molecular weight excluding hydrogens is 358 g/mol. The molecule has 3 nitrogen and oxygen atoms in total. The van der Waals surface area contributed by atoms with Gasteiger partial charge in [0.1, 0.15) is 0 Å². The minimum absolute atomic E-state index is 0.704. The van der Waals surface area contributed by atoms with E-state index in [2.05, 4.69) is 32.4 Å². The van der Waals surface area contributed by atoms with Crippen LogP contribution >= 0.6 is 38.9 Å². The molecule has 1 aromatic carbocycles. The number of nitrogens with one attached hydrogen (secondary N) is 1. The fourth-order valence-corrected chi connectivity index (χ4v) is 3.49. The second-order valence-corrected chi connectivity index (χ2v) is 7.16. The molecule has 0 saturated carbocycles. The molecule has 6 heteroatoms. The lowest BCUT2D eigenvalue weighted by atomic mass is 10.2. The first kappa shape index (κ1) is 13.7. The zero-order valence-electron chi connectivity index (χ0n) is 10.4. The molecule has 0 aliphatic rings. The number of rotatable bonds is 4. The molecule has 20 heavy (non-hydrogen) atoms. The van der Waals surface area contributed by atoms with E-state index >= 15 is 0 Å². The van der Waals surface area contributed by atoms with Crippen molar-refractivity contribution in [1.82, 2.24) is 9.78 Å². The smallest absolute Gasteiger partial charge is 0.0877 e. The van der Waals surface area contributed by atoms with Gasteiger partial charge in [0.15, 0.2) is 0 Å². The summed E-state index contributed by atoms with van der Waals surface area (Å²) in [5, 5.41) is 8.39. The fraction of sp³-hybridized carbons (Fsp3) is 0.0714. The van der Waals surface area contributed by atoms with Crippen LogP contribution in [0.3, 0.4) is 0 Å². The van der Waals surface area contributed by atoms with Crippen molar-refractivity contribution in [3.63, 3.8) is 0 Å². The van der Waals surface area contributed by atoms with E-state index < -0.39 is 0 Å². The van der Waals surface area contributed by atoms with E-state index in [1.807, 2.05) is 41.2 Å². The Hall–Kier alpha value is -1.30. The molecule has 0 unspecified atom stereocenters. The zero-order valence-corrected chi connectivity index (χ0v) is 13.5. The Morgan fingerprint density at radius 1 is 1.30 bits per heavy atom. The predicted molar refractivity (Wildman–Crippen MR) is 87.9 cm³/mol. The average Bonchev–Trinajstić information content (AvgIpc) is 3.08. The van der Waals surface area contributed by atoms with Crippen molar-refractivity contribution in [2.75, 3.05) is 5.32 Å². The van der Waals surface area contributed by atoms with Crippen LogP contribution in [-0.4, -0.2) is 9.78 Å². The fourth-order valence-electron chi connectivity index (χ4n) is 1.89. The molecule has 2 aromatic heterocycles. The topological polar surface area (TPSA) is 29.9 Å². The van der Waals surface area contributed by atoms with Gasteiger partial charge in [0.2, 0.25) is 0 Å². The van der Waals surface area contributed by atoms with Gasteiger partial charge in [0.05, 0.1) is 15.2 Å². The average molecular weight is 369 g/mol. The SMILES string of the molecule is Clc1ccc(-n2cccn2)c(NCc2ccc(Br)s2)c1. The first-order valence-corrected chi connectivity index (χ1v) is 7.99. The second-order valence-electron chi connectivity index (χ2n) is 4.17. The summed E-state index contributed by atoms with van der Waals surface area (Å²) >= 11 is 11.3. The third-order valence-corrected chi connectivity index (χ3v) is 4.65. The van der Waals surface area contributed by atoms with E-state index in [1.54, 1.807) is 17.5 Å². The third-order valence-electron chi connectivity index (χ3n) is 2.79. The third kappa shape index (κ3) is 3.06. The molecule has 2 heterocycles. The lowest BCUT2D eigenvalue weighted by molar-refractivity contribution is 0.879. The summed E-state index contributed by atoms with van der Waals surface area (Å²) in [7, 11) is 0. The number of hydrogen-bond acceptors (Lipinski definition) is 3. The van der Waals surface area contributed by atoms with Crippen LogP contribution in [0.1, 0.15) is 4.88 Å². The largest absolute Gasteiger partial charge is 0.378 e. The maximum absolute atomic E-state index is 6.09.